The first-order valence-electron chi connectivity index (χ1n) is 11.7. The highest BCUT2D eigenvalue weighted by atomic mass is 16.5. The number of hydrogen-bond acceptors (Lipinski definition) is 5. The molecular weight excluding hydrogens is 434 g/mol. The van der Waals surface area contributed by atoms with E-state index < -0.39 is 12.0 Å². The zero-order valence-electron chi connectivity index (χ0n) is 19.5. The second-order valence-electron chi connectivity index (χ2n) is 8.71. The fourth-order valence-corrected chi connectivity index (χ4v) is 4.69. The van der Waals surface area contributed by atoms with Gasteiger partial charge in [0.1, 0.15) is 6.04 Å². The average molecular weight is 464 g/mol. The highest BCUT2D eigenvalue weighted by Gasteiger charge is 2.49. The number of aryl methyl sites for hydroxylation is 1. The molecule has 4 amide bonds. The van der Waals surface area contributed by atoms with E-state index >= 15 is 0 Å². The summed E-state index contributed by atoms with van der Waals surface area (Å²) < 4.78 is 4.97. The molecule has 2 aromatic rings. The molecule has 1 aliphatic carbocycles. The predicted molar refractivity (Wildman–Crippen MR) is 128 cm³/mol. The van der Waals surface area contributed by atoms with Crippen molar-refractivity contribution in [2.24, 2.45) is 0 Å². The van der Waals surface area contributed by atoms with E-state index in [0.717, 1.165) is 31.2 Å². The van der Waals surface area contributed by atoms with E-state index in [1.165, 1.54) is 4.90 Å². The van der Waals surface area contributed by atoms with Crippen LogP contribution in [0, 0.1) is 6.92 Å². The lowest BCUT2D eigenvalue weighted by Gasteiger charge is -2.27. The van der Waals surface area contributed by atoms with E-state index in [9.17, 15) is 19.2 Å². The third-order valence-corrected chi connectivity index (χ3v) is 6.29. The Morgan fingerprint density at radius 3 is 2.41 bits per heavy atom. The third kappa shape index (κ3) is 4.81. The fraction of sp³-hybridized carbons (Fsp3) is 0.385. The van der Waals surface area contributed by atoms with Gasteiger partial charge in [0.25, 0.3) is 5.91 Å². The zero-order chi connectivity index (χ0) is 24.2. The molecule has 0 bridgehead atoms. The summed E-state index contributed by atoms with van der Waals surface area (Å²) >= 11 is 0. The van der Waals surface area contributed by atoms with Crippen molar-refractivity contribution in [1.29, 1.82) is 0 Å². The molecule has 1 saturated heterocycles. The zero-order valence-corrected chi connectivity index (χ0v) is 19.5. The molecule has 2 fully saturated rings. The average Bonchev–Trinajstić information content (AvgIpc) is 3.41. The van der Waals surface area contributed by atoms with E-state index in [-0.39, 0.29) is 36.9 Å². The molecule has 8 heteroatoms. The number of nitrogens with one attached hydrogen (secondary N) is 1. The molecule has 1 N–H and O–H groups in total. The summed E-state index contributed by atoms with van der Waals surface area (Å²) in [6, 6.07) is 12.4. The molecule has 34 heavy (non-hydrogen) atoms. The Morgan fingerprint density at radius 1 is 1.06 bits per heavy atom. The molecule has 2 aromatic carbocycles. The van der Waals surface area contributed by atoms with Gasteiger partial charge in [-0.25, -0.2) is 14.5 Å². The fourth-order valence-electron chi connectivity index (χ4n) is 4.69. The van der Waals surface area contributed by atoms with Gasteiger partial charge in [-0.15, -0.1) is 0 Å². The number of benzene rings is 2. The lowest BCUT2D eigenvalue weighted by atomic mass is 10.1. The highest BCUT2D eigenvalue weighted by Crippen LogP contribution is 2.34. The summed E-state index contributed by atoms with van der Waals surface area (Å²) in [7, 11) is 0. The van der Waals surface area contributed by atoms with E-state index in [4.69, 9.17) is 4.74 Å². The van der Waals surface area contributed by atoms with Crippen molar-refractivity contribution < 1.29 is 23.9 Å². The molecule has 2 aliphatic rings. The molecule has 0 radical (unpaired) electrons. The summed E-state index contributed by atoms with van der Waals surface area (Å²) in [6.45, 7) is 3.92. The summed E-state index contributed by atoms with van der Waals surface area (Å²) in [4.78, 5) is 54.3. The van der Waals surface area contributed by atoms with Crippen LogP contribution in [0.5, 0.6) is 0 Å². The number of carbonyl (C=O) groups excluding carboxylic acids is 4. The summed E-state index contributed by atoms with van der Waals surface area (Å²) in [6.07, 6.45) is 3.52. The van der Waals surface area contributed by atoms with Crippen LogP contribution in [-0.4, -0.2) is 47.4 Å². The van der Waals surface area contributed by atoms with Gasteiger partial charge in [0, 0.05) is 11.7 Å². The van der Waals surface area contributed by atoms with Crippen molar-refractivity contribution in [3.05, 3.63) is 59.7 Å². The molecule has 4 rings (SSSR count). The Balaban J connectivity index is 1.51. The third-order valence-electron chi connectivity index (χ3n) is 6.29. The van der Waals surface area contributed by atoms with Gasteiger partial charge in [0.05, 0.1) is 24.3 Å². The number of imide groups is 1. The SMILES string of the molecule is CCOC(=O)c1ccc(NC(=O)C[C@H]2C(=O)N(c3cccc(C)c3)C(=O)N2C2CCCC2)cc1. The van der Waals surface area contributed by atoms with Crippen molar-refractivity contribution >= 4 is 35.2 Å². The Labute approximate surface area is 198 Å². The number of ether oxygens (including phenoxy) is 1. The van der Waals surface area contributed by atoms with Crippen LogP contribution in [0.3, 0.4) is 0 Å². The Bertz CT molecular complexity index is 1090. The van der Waals surface area contributed by atoms with Crippen molar-refractivity contribution in [2.45, 2.75) is 58.0 Å². The number of esters is 1. The molecule has 1 saturated carbocycles. The Kier molecular flexibility index (Phi) is 6.95. The molecule has 1 heterocycles. The minimum absolute atomic E-state index is 0.0482. The Hall–Kier alpha value is -3.68. The van der Waals surface area contributed by atoms with E-state index in [1.807, 2.05) is 19.1 Å². The minimum atomic E-state index is -0.852. The second kappa shape index (κ2) is 10.1. The first-order valence-corrected chi connectivity index (χ1v) is 11.7. The standard InChI is InChI=1S/C26H29N3O5/c1-3-34-25(32)18-11-13-19(14-12-18)27-23(30)16-22-24(31)29(21-10-6-7-17(2)15-21)26(33)28(22)20-8-4-5-9-20/h6-7,10-15,20,22H,3-5,8-9,16H2,1-2H3,(H,27,30)/t22-/m0/s1. The molecule has 0 unspecified atom stereocenters. The van der Waals surface area contributed by atoms with E-state index in [0.29, 0.717) is 16.9 Å². The highest BCUT2D eigenvalue weighted by molar-refractivity contribution is 6.22. The lowest BCUT2D eigenvalue weighted by molar-refractivity contribution is -0.124. The first kappa shape index (κ1) is 23.5. The maximum absolute atomic E-state index is 13.4. The van der Waals surface area contributed by atoms with Crippen LogP contribution in [0.25, 0.3) is 0 Å². The molecule has 0 aromatic heterocycles. The van der Waals surface area contributed by atoms with E-state index in [1.54, 1.807) is 48.2 Å². The van der Waals surface area contributed by atoms with Crippen LogP contribution >= 0.6 is 0 Å². The van der Waals surface area contributed by atoms with Crippen molar-refractivity contribution in [2.75, 3.05) is 16.8 Å². The number of carbonyl (C=O) groups is 4. The van der Waals surface area contributed by atoms with Gasteiger partial charge in [0.15, 0.2) is 0 Å². The largest absolute Gasteiger partial charge is 0.462 e. The molecule has 8 nitrogen and oxygen atoms in total. The summed E-state index contributed by atoms with van der Waals surface area (Å²) in [5.41, 5.74) is 2.35. The van der Waals surface area contributed by atoms with E-state index in [2.05, 4.69) is 5.32 Å². The summed E-state index contributed by atoms with van der Waals surface area (Å²) in [5, 5.41) is 2.78. The molecule has 1 aliphatic heterocycles. The van der Waals surface area contributed by atoms with Crippen LogP contribution in [-0.2, 0) is 14.3 Å². The maximum Gasteiger partial charge on any atom is 0.338 e. The first-order chi connectivity index (χ1) is 16.4. The normalized spacial score (nSPS) is 18.5. The number of anilines is 2. The van der Waals surface area contributed by atoms with Gasteiger partial charge >= 0.3 is 12.0 Å². The predicted octanol–water partition coefficient (Wildman–Crippen LogP) is 4.28. The lowest BCUT2D eigenvalue weighted by Crippen LogP contribution is -2.43. The molecule has 1 atom stereocenters. The maximum atomic E-state index is 13.4. The molecular formula is C26H29N3O5. The van der Waals surface area contributed by atoms with Crippen LogP contribution < -0.4 is 10.2 Å². The Morgan fingerprint density at radius 2 is 1.76 bits per heavy atom. The van der Waals surface area contributed by atoms with Crippen molar-refractivity contribution in [3.8, 4) is 0 Å². The van der Waals surface area contributed by atoms with Crippen molar-refractivity contribution in [3.63, 3.8) is 0 Å². The smallest absolute Gasteiger partial charge is 0.338 e. The number of urea groups is 1. The monoisotopic (exact) mass is 463 g/mol. The number of amides is 4. The van der Waals surface area contributed by atoms with Crippen LogP contribution in [0.2, 0.25) is 0 Å². The quantitative estimate of drug-likeness (QED) is 0.488. The number of rotatable bonds is 7. The number of hydrogen-bond donors (Lipinski definition) is 1. The minimum Gasteiger partial charge on any atom is -0.462 e. The van der Waals surface area contributed by atoms with Gasteiger partial charge in [-0.05, 0) is 68.7 Å². The molecule has 178 valence electrons. The van der Waals surface area contributed by atoms with Crippen LogP contribution in [0.15, 0.2) is 48.5 Å². The second-order valence-corrected chi connectivity index (χ2v) is 8.71. The van der Waals surface area contributed by atoms with Gasteiger partial charge < -0.3 is 15.0 Å². The van der Waals surface area contributed by atoms with Gasteiger partial charge in [0.2, 0.25) is 5.91 Å². The van der Waals surface area contributed by atoms with Crippen LogP contribution in [0.4, 0.5) is 16.2 Å². The van der Waals surface area contributed by atoms with Crippen molar-refractivity contribution in [1.82, 2.24) is 4.90 Å². The van der Waals surface area contributed by atoms with Gasteiger partial charge in [-0.2, -0.15) is 0 Å². The number of nitrogens with zero attached hydrogens (tertiary/aromatic N) is 2. The summed E-state index contributed by atoms with van der Waals surface area (Å²) in [5.74, 6) is -1.18. The van der Waals surface area contributed by atoms with Gasteiger partial charge in [-0.3, -0.25) is 9.59 Å². The van der Waals surface area contributed by atoms with Gasteiger partial charge in [-0.1, -0.05) is 25.0 Å². The topological polar surface area (TPSA) is 96.0 Å². The van der Waals surface area contributed by atoms with Crippen LogP contribution in [0.1, 0.15) is 54.9 Å². The molecule has 0 spiro atoms.